The van der Waals surface area contributed by atoms with Gasteiger partial charge in [-0.3, -0.25) is 9.78 Å². The predicted octanol–water partition coefficient (Wildman–Crippen LogP) is 0.849. The first-order chi connectivity index (χ1) is 10.2. The number of piperidine rings is 1. The average Bonchev–Trinajstić information content (AvgIpc) is 2.91. The van der Waals surface area contributed by atoms with Gasteiger partial charge in [-0.1, -0.05) is 0 Å². The van der Waals surface area contributed by atoms with Crippen molar-refractivity contribution >= 4 is 5.91 Å². The fourth-order valence-corrected chi connectivity index (χ4v) is 3.25. The van der Waals surface area contributed by atoms with Gasteiger partial charge in [-0.2, -0.15) is 0 Å². The Morgan fingerprint density at radius 1 is 1.48 bits per heavy atom. The van der Waals surface area contributed by atoms with E-state index in [0.29, 0.717) is 12.5 Å². The topological polar surface area (TPSA) is 54.5 Å². The fraction of sp³-hybridized carbons (Fsp3) is 0.625. The quantitative estimate of drug-likeness (QED) is 0.893. The third-order valence-corrected chi connectivity index (χ3v) is 4.51. The van der Waals surface area contributed by atoms with Gasteiger partial charge >= 0.3 is 0 Å². The van der Waals surface area contributed by atoms with Crippen LogP contribution in [0.1, 0.15) is 18.4 Å². The van der Waals surface area contributed by atoms with E-state index < -0.39 is 0 Å². The second-order valence-corrected chi connectivity index (χ2v) is 6.11. The third kappa shape index (κ3) is 3.60. The van der Waals surface area contributed by atoms with Crippen LogP contribution in [-0.2, 0) is 16.0 Å². The zero-order valence-corrected chi connectivity index (χ0v) is 12.5. The maximum atomic E-state index is 12.2. The number of nitrogens with one attached hydrogen (secondary N) is 1. The minimum Gasteiger partial charge on any atom is -0.364 e. The van der Waals surface area contributed by atoms with E-state index in [4.69, 9.17) is 4.74 Å². The number of nitrogens with zero attached hydrogens (tertiary/aromatic N) is 2. The van der Waals surface area contributed by atoms with Crippen molar-refractivity contribution in [3.05, 3.63) is 30.1 Å². The second kappa shape index (κ2) is 6.54. The highest BCUT2D eigenvalue weighted by Crippen LogP contribution is 2.32. The Morgan fingerprint density at radius 3 is 3.10 bits per heavy atom. The summed E-state index contributed by atoms with van der Waals surface area (Å²) in [5, 5.41) is 3.00. The summed E-state index contributed by atoms with van der Waals surface area (Å²) in [7, 11) is 2.11. The van der Waals surface area contributed by atoms with Gasteiger partial charge in [0, 0.05) is 25.5 Å². The van der Waals surface area contributed by atoms with Gasteiger partial charge in [-0.25, -0.2) is 0 Å². The molecule has 3 atom stereocenters. The maximum Gasteiger partial charge on any atom is 0.249 e. The van der Waals surface area contributed by atoms with Crippen molar-refractivity contribution in [2.75, 3.05) is 26.7 Å². The normalized spacial score (nSPS) is 29.1. The van der Waals surface area contributed by atoms with Crippen molar-refractivity contribution in [2.24, 2.45) is 5.92 Å². The number of hydrogen-bond acceptors (Lipinski definition) is 4. The lowest BCUT2D eigenvalue weighted by Crippen LogP contribution is -2.40. The molecule has 2 aliphatic heterocycles. The summed E-state index contributed by atoms with van der Waals surface area (Å²) in [5.74, 6) is 0.596. The van der Waals surface area contributed by atoms with E-state index in [9.17, 15) is 4.79 Å². The molecule has 2 aliphatic rings. The van der Waals surface area contributed by atoms with Gasteiger partial charge in [0.25, 0.3) is 0 Å². The fourth-order valence-electron chi connectivity index (χ4n) is 3.25. The molecule has 0 unspecified atom stereocenters. The van der Waals surface area contributed by atoms with Crippen molar-refractivity contribution in [1.82, 2.24) is 15.2 Å². The molecule has 0 saturated carbocycles. The minimum absolute atomic E-state index is 0.0427. The Morgan fingerprint density at radius 2 is 2.29 bits per heavy atom. The van der Waals surface area contributed by atoms with Gasteiger partial charge in [0.05, 0.1) is 6.10 Å². The predicted molar refractivity (Wildman–Crippen MR) is 79.8 cm³/mol. The van der Waals surface area contributed by atoms with Crippen LogP contribution in [0, 0.1) is 5.92 Å². The van der Waals surface area contributed by atoms with Gasteiger partial charge in [-0.15, -0.1) is 0 Å². The van der Waals surface area contributed by atoms with E-state index >= 15 is 0 Å². The van der Waals surface area contributed by atoms with Crippen LogP contribution in [0.5, 0.6) is 0 Å². The summed E-state index contributed by atoms with van der Waals surface area (Å²) in [5.41, 5.74) is 1.19. The first-order valence-electron chi connectivity index (χ1n) is 7.73. The van der Waals surface area contributed by atoms with Crippen LogP contribution >= 0.6 is 0 Å². The molecule has 3 heterocycles. The Hall–Kier alpha value is -1.46. The number of fused-ring (bicyclic) bond motifs is 1. The van der Waals surface area contributed by atoms with Crippen molar-refractivity contribution in [2.45, 2.75) is 31.5 Å². The smallest absolute Gasteiger partial charge is 0.249 e. The third-order valence-electron chi connectivity index (χ3n) is 4.51. The van der Waals surface area contributed by atoms with Gasteiger partial charge in [0.1, 0.15) is 6.10 Å². The lowest BCUT2D eigenvalue weighted by atomic mass is 9.92. The largest absolute Gasteiger partial charge is 0.364 e. The highest BCUT2D eigenvalue weighted by molar-refractivity contribution is 5.81. The number of aromatic nitrogens is 1. The molecule has 5 nitrogen and oxygen atoms in total. The van der Waals surface area contributed by atoms with Gasteiger partial charge in [-0.05, 0) is 56.5 Å². The van der Waals surface area contributed by atoms with E-state index in [0.717, 1.165) is 32.4 Å². The lowest BCUT2D eigenvalue weighted by Gasteiger charge is -2.30. The first kappa shape index (κ1) is 14.5. The van der Waals surface area contributed by atoms with Crippen molar-refractivity contribution in [3.63, 3.8) is 0 Å². The number of carbonyl (C=O) groups is 1. The number of carbonyl (C=O) groups excluding carboxylic acids is 1. The van der Waals surface area contributed by atoms with E-state index in [-0.39, 0.29) is 18.1 Å². The molecule has 0 radical (unpaired) electrons. The molecule has 0 bridgehead atoms. The maximum absolute atomic E-state index is 12.2. The van der Waals surface area contributed by atoms with Gasteiger partial charge < -0.3 is 15.0 Å². The van der Waals surface area contributed by atoms with Gasteiger partial charge in [0.15, 0.2) is 0 Å². The molecule has 0 spiro atoms. The number of likely N-dealkylation sites (N-methyl/N-ethyl adjacent to an activating group) is 1. The highest BCUT2D eigenvalue weighted by Gasteiger charge is 2.40. The Kier molecular flexibility index (Phi) is 4.51. The van der Waals surface area contributed by atoms with E-state index in [2.05, 4.69) is 22.2 Å². The standard InChI is InChI=1S/C16H23N3O2/c1-19-9-5-13-10-14(21-15(13)11-19)16(20)18-8-4-12-2-6-17-7-3-12/h2-3,6-7,13-15H,4-5,8-11H2,1H3,(H,18,20)/t13-,14-,15-/m0/s1. The molecule has 5 heteroatoms. The van der Waals surface area contributed by atoms with Crippen LogP contribution in [0.2, 0.25) is 0 Å². The molecule has 1 aromatic heterocycles. The SMILES string of the molecule is CN1CC[C@H]2C[C@@H](C(=O)NCCc3ccncc3)O[C@H]2C1. The zero-order valence-electron chi connectivity index (χ0n) is 12.5. The summed E-state index contributed by atoms with van der Waals surface area (Å²) in [6.45, 7) is 2.71. The van der Waals surface area contributed by atoms with Crippen molar-refractivity contribution in [1.29, 1.82) is 0 Å². The van der Waals surface area contributed by atoms with Crippen LogP contribution in [0.15, 0.2) is 24.5 Å². The summed E-state index contributed by atoms with van der Waals surface area (Å²) in [6.07, 6.45) is 6.37. The molecule has 3 rings (SSSR count). The molecular weight excluding hydrogens is 266 g/mol. The summed E-state index contributed by atoms with van der Waals surface area (Å²) < 4.78 is 5.94. The molecule has 2 fully saturated rings. The Labute approximate surface area is 125 Å². The summed E-state index contributed by atoms with van der Waals surface area (Å²) in [6, 6.07) is 3.95. The minimum atomic E-state index is -0.260. The Bertz CT molecular complexity index is 480. The molecule has 0 aliphatic carbocycles. The molecular formula is C16H23N3O2. The molecule has 2 saturated heterocycles. The van der Waals surface area contributed by atoms with Crippen LogP contribution < -0.4 is 5.32 Å². The van der Waals surface area contributed by atoms with Gasteiger partial charge in [0.2, 0.25) is 5.91 Å². The molecule has 21 heavy (non-hydrogen) atoms. The van der Waals surface area contributed by atoms with Crippen molar-refractivity contribution < 1.29 is 9.53 Å². The Balaban J connectivity index is 1.44. The monoisotopic (exact) mass is 289 g/mol. The number of likely N-dealkylation sites (tertiary alicyclic amines) is 1. The number of rotatable bonds is 4. The van der Waals surface area contributed by atoms with E-state index in [1.165, 1.54) is 5.56 Å². The molecule has 1 aromatic rings. The molecule has 1 N–H and O–H groups in total. The molecule has 0 aromatic carbocycles. The molecule has 114 valence electrons. The zero-order chi connectivity index (χ0) is 14.7. The lowest BCUT2D eigenvalue weighted by molar-refractivity contribution is -0.132. The van der Waals surface area contributed by atoms with Crippen LogP contribution in [-0.4, -0.2) is 54.7 Å². The number of pyridine rings is 1. The number of amides is 1. The number of hydrogen-bond donors (Lipinski definition) is 1. The summed E-state index contributed by atoms with van der Waals surface area (Å²) >= 11 is 0. The first-order valence-corrected chi connectivity index (χ1v) is 7.73. The molecule has 1 amide bonds. The van der Waals surface area contributed by atoms with Crippen LogP contribution in [0.4, 0.5) is 0 Å². The van der Waals surface area contributed by atoms with Crippen molar-refractivity contribution in [3.8, 4) is 0 Å². The summed E-state index contributed by atoms with van der Waals surface area (Å²) in [4.78, 5) is 18.5. The number of ether oxygens (including phenoxy) is 1. The van der Waals surface area contributed by atoms with E-state index in [1.807, 2.05) is 12.1 Å². The average molecular weight is 289 g/mol. The van der Waals surface area contributed by atoms with Crippen LogP contribution in [0.25, 0.3) is 0 Å². The van der Waals surface area contributed by atoms with Crippen LogP contribution in [0.3, 0.4) is 0 Å². The van der Waals surface area contributed by atoms with E-state index in [1.54, 1.807) is 12.4 Å². The second-order valence-electron chi connectivity index (χ2n) is 6.11. The highest BCUT2D eigenvalue weighted by atomic mass is 16.5.